The van der Waals surface area contributed by atoms with Crippen LogP contribution in [0.15, 0.2) is 72.8 Å². The highest BCUT2D eigenvalue weighted by Crippen LogP contribution is 2.36. The van der Waals surface area contributed by atoms with E-state index < -0.39 is 0 Å². The number of carbonyl (C=O) groups is 2. The van der Waals surface area contributed by atoms with Crippen molar-refractivity contribution in [3.63, 3.8) is 0 Å². The predicted octanol–water partition coefficient (Wildman–Crippen LogP) is 7.79. The first-order valence-electron chi connectivity index (χ1n) is 13.2. The fraction of sp³-hybridized carbons (Fsp3) is 0.281. The number of carbonyl (C=O) groups excluding carboxylic acids is 2. The Labute approximate surface area is 255 Å². The molecule has 6 nitrogen and oxygen atoms in total. The van der Waals surface area contributed by atoms with E-state index in [1.165, 1.54) is 7.11 Å². The maximum absolute atomic E-state index is 12.8. The second-order valence-corrected chi connectivity index (χ2v) is 11.9. The zero-order chi connectivity index (χ0) is 29.4. The number of fused-ring (bicyclic) bond motifs is 1. The molecule has 0 N–H and O–H groups in total. The maximum atomic E-state index is 12.8. The molecule has 0 radical (unpaired) electrons. The lowest BCUT2D eigenvalue weighted by molar-refractivity contribution is -0.140. The molecule has 0 fully saturated rings. The third kappa shape index (κ3) is 8.62. The number of aromatic nitrogens is 1. The fourth-order valence-corrected chi connectivity index (χ4v) is 5.93. The molecule has 214 valence electrons. The lowest BCUT2D eigenvalue weighted by Gasteiger charge is -2.20. The van der Waals surface area contributed by atoms with Gasteiger partial charge in [-0.15, -0.1) is 0 Å². The van der Waals surface area contributed by atoms with Crippen molar-refractivity contribution in [1.82, 2.24) is 9.88 Å². The van der Waals surface area contributed by atoms with Crippen LogP contribution < -0.4 is 4.74 Å². The first kappa shape index (κ1) is 30.7. The Morgan fingerprint density at radius 3 is 2.51 bits per heavy atom. The van der Waals surface area contributed by atoms with Crippen LogP contribution in [0, 0.1) is 0 Å². The van der Waals surface area contributed by atoms with E-state index in [1.54, 1.807) is 36.8 Å². The van der Waals surface area contributed by atoms with Crippen LogP contribution in [0.5, 0.6) is 5.75 Å². The zero-order valence-electron chi connectivity index (χ0n) is 23.2. The Bertz CT molecular complexity index is 1530. The number of halogens is 2. The number of hydrogen-bond acceptors (Lipinski definition) is 6. The van der Waals surface area contributed by atoms with Gasteiger partial charge in [0.15, 0.2) is 0 Å². The smallest absolute Gasteiger partial charge is 0.306 e. The summed E-state index contributed by atoms with van der Waals surface area (Å²) in [7, 11) is 4.85. The van der Waals surface area contributed by atoms with Crippen LogP contribution in [0.1, 0.15) is 45.3 Å². The van der Waals surface area contributed by atoms with E-state index in [2.05, 4.69) is 11.1 Å². The molecule has 9 heteroatoms. The van der Waals surface area contributed by atoms with E-state index in [-0.39, 0.29) is 17.1 Å². The summed E-state index contributed by atoms with van der Waals surface area (Å²) in [5, 5.41) is 2.24. The Morgan fingerprint density at radius 2 is 1.73 bits per heavy atom. The van der Waals surface area contributed by atoms with Gasteiger partial charge in [0.25, 0.3) is 5.91 Å². The topological polar surface area (TPSA) is 68.7 Å². The van der Waals surface area contributed by atoms with Crippen LogP contribution in [-0.4, -0.2) is 48.7 Å². The first-order chi connectivity index (χ1) is 19.7. The van der Waals surface area contributed by atoms with Gasteiger partial charge in [0.2, 0.25) is 0 Å². The van der Waals surface area contributed by atoms with E-state index in [9.17, 15) is 9.59 Å². The van der Waals surface area contributed by atoms with E-state index in [4.69, 9.17) is 32.7 Å². The molecule has 0 aliphatic rings. The van der Waals surface area contributed by atoms with Crippen molar-refractivity contribution in [3.05, 3.63) is 105 Å². The summed E-state index contributed by atoms with van der Waals surface area (Å²) in [5.41, 5.74) is 4.23. The summed E-state index contributed by atoms with van der Waals surface area (Å²) in [6, 6.07) is 23.0. The molecule has 0 spiro atoms. The molecule has 0 aliphatic heterocycles. The van der Waals surface area contributed by atoms with Gasteiger partial charge in [0, 0.05) is 46.1 Å². The lowest BCUT2D eigenvalue weighted by Crippen LogP contribution is -2.23. The van der Waals surface area contributed by atoms with Crippen LogP contribution in [0.25, 0.3) is 10.9 Å². The van der Waals surface area contributed by atoms with Crippen molar-refractivity contribution in [3.8, 4) is 5.75 Å². The number of rotatable bonds is 12. The SMILES string of the molecule is COC(=O)CCS[C@@H](CCc1ccc(Cl)cc1C(=O)N(C)C)c1cccc(OCc2ccc3ccc(Cl)cc3n2)c1. The summed E-state index contributed by atoms with van der Waals surface area (Å²) in [6.07, 6.45) is 1.73. The van der Waals surface area contributed by atoms with E-state index >= 15 is 0 Å². The van der Waals surface area contributed by atoms with Crippen molar-refractivity contribution in [2.24, 2.45) is 0 Å². The Morgan fingerprint density at radius 1 is 0.976 bits per heavy atom. The normalized spacial score (nSPS) is 11.7. The molecule has 0 bridgehead atoms. The third-order valence-electron chi connectivity index (χ3n) is 6.57. The summed E-state index contributed by atoms with van der Waals surface area (Å²) >= 11 is 14.0. The van der Waals surface area contributed by atoms with E-state index in [0.717, 1.165) is 39.9 Å². The molecular formula is C32H32Cl2N2O4S. The molecule has 4 rings (SSSR count). The average molecular weight is 612 g/mol. The number of thioether (sulfide) groups is 1. The third-order valence-corrected chi connectivity index (χ3v) is 8.39. The summed E-state index contributed by atoms with van der Waals surface area (Å²) in [5.74, 6) is 1.01. The minimum atomic E-state index is -0.242. The summed E-state index contributed by atoms with van der Waals surface area (Å²) < 4.78 is 11.0. The van der Waals surface area contributed by atoms with Crippen molar-refractivity contribution >= 4 is 57.7 Å². The zero-order valence-corrected chi connectivity index (χ0v) is 25.6. The van der Waals surface area contributed by atoms with Crippen molar-refractivity contribution in [2.75, 3.05) is 27.0 Å². The van der Waals surface area contributed by atoms with Gasteiger partial charge in [-0.2, -0.15) is 11.8 Å². The quantitative estimate of drug-likeness (QED) is 0.152. The number of pyridine rings is 1. The summed E-state index contributed by atoms with van der Waals surface area (Å²) in [6.45, 7) is 0.312. The van der Waals surface area contributed by atoms with Crippen molar-refractivity contribution < 1.29 is 19.1 Å². The van der Waals surface area contributed by atoms with E-state index in [0.29, 0.717) is 40.8 Å². The molecular weight excluding hydrogens is 579 g/mol. The van der Waals surface area contributed by atoms with Gasteiger partial charge >= 0.3 is 5.97 Å². The van der Waals surface area contributed by atoms with Gasteiger partial charge < -0.3 is 14.4 Å². The Hall–Kier alpha value is -3.26. The molecule has 1 atom stereocenters. The maximum Gasteiger partial charge on any atom is 0.306 e. The molecule has 41 heavy (non-hydrogen) atoms. The summed E-state index contributed by atoms with van der Waals surface area (Å²) in [4.78, 5) is 30.8. The molecule has 0 unspecified atom stereocenters. The van der Waals surface area contributed by atoms with Gasteiger partial charge in [0.05, 0.1) is 24.7 Å². The lowest BCUT2D eigenvalue weighted by atomic mass is 9.98. The number of methoxy groups -OCH3 is 1. The van der Waals surface area contributed by atoms with Crippen LogP contribution in [-0.2, 0) is 22.6 Å². The Balaban J connectivity index is 1.51. The monoisotopic (exact) mass is 610 g/mol. The highest BCUT2D eigenvalue weighted by Gasteiger charge is 2.19. The average Bonchev–Trinajstić information content (AvgIpc) is 2.97. The highest BCUT2D eigenvalue weighted by molar-refractivity contribution is 7.99. The molecule has 1 aromatic heterocycles. The molecule has 1 heterocycles. The van der Waals surface area contributed by atoms with Crippen molar-refractivity contribution in [2.45, 2.75) is 31.1 Å². The molecule has 0 aliphatic carbocycles. The number of ether oxygens (including phenoxy) is 2. The highest BCUT2D eigenvalue weighted by atomic mass is 35.5. The first-order valence-corrected chi connectivity index (χ1v) is 15.0. The fourth-order valence-electron chi connectivity index (χ4n) is 4.40. The number of benzene rings is 3. The molecule has 4 aromatic rings. The Kier molecular flexibility index (Phi) is 10.9. The van der Waals surface area contributed by atoms with Crippen molar-refractivity contribution in [1.29, 1.82) is 0 Å². The number of nitrogens with zero attached hydrogens (tertiary/aromatic N) is 2. The van der Waals surface area contributed by atoms with Gasteiger partial charge in [0.1, 0.15) is 12.4 Å². The number of hydrogen-bond donors (Lipinski definition) is 0. The largest absolute Gasteiger partial charge is 0.487 e. The van der Waals surface area contributed by atoms with Gasteiger partial charge in [-0.25, -0.2) is 4.98 Å². The van der Waals surface area contributed by atoms with Crippen LogP contribution >= 0.6 is 35.0 Å². The number of esters is 1. The minimum Gasteiger partial charge on any atom is -0.487 e. The molecule has 0 saturated heterocycles. The van der Waals surface area contributed by atoms with Crippen LogP contribution in [0.4, 0.5) is 0 Å². The standard InChI is InChI=1S/C32H32Cl2N2O4S/c1-36(2)32(38)28-18-24(33)11-7-21(28)10-14-30(41-16-15-31(37)39-3)23-5-4-6-27(17-23)40-20-26-13-9-22-8-12-25(34)19-29(22)35-26/h4-9,11-13,17-19,30H,10,14-16,20H2,1-3H3/t30-/m0/s1. The van der Waals surface area contributed by atoms with Crippen LogP contribution in [0.2, 0.25) is 10.0 Å². The van der Waals surface area contributed by atoms with Gasteiger partial charge in [-0.3, -0.25) is 9.59 Å². The molecule has 0 saturated carbocycles. The minimum absolute atomic E-state index is 0.0575. The van der Waals surface area contributed by atoms with Crippen LogP contribution in [0.3, 0.4) is 0 Å². The number of aryl methyl sites for hydroxylation is 1. The second kappa shape index (κ2) is 14.6. The number of amides is 1. The molecule has 1 amide bonds. The van der Waals surface area contributed by atoms with Gasteiger partial charge in [-0.1, -0.05) is 53.5 Å². The molecule has 3 aromatic carbocycles. The predicted molar refractivity (Wildman–Crippen MR) is 167 cm³/mol. The van der Waals surface area contributed by atoms with E-state index in [1.807, 2.05) is 60.7 Å². The van der Waals surface area contributed by atoms with Gasteiger partial charge in [-0.05, 0) is 66.4 Å². The second-order valence-electron chi connectivity index (χ2n) is 9.73.